The average molecular weight is 511 g/mol. The first kappa shape index (κ1) is 26.0. The van der Waals surface area contributed by atoms with Gasteiger partial charge in [-0.05, 0) is 22.3 Å². The number of carbonyl (C=O) groups excluding carboxylic acids is 1. The van der Waals surface area contributed by atoms with Gasteiger partial charge in [0.15, 0.2) is 0 Å². The third-order valence-corrected chi connectivity index (χ3v) is 5.71. The summed E-state index contributed by atoms with van der Waals surface area (Å²) in [6.45, 7) is 0.00369. The molecule has 9 nitrogen and oxygen atoms in total. The lowest BCUT2D eigenvalue weighted by Gasteiger charge is -2.08. The Morgan fingerprint density at radius 2 is 0.947 bits per heavy atom. The normalized spacial score (nSPS) is 11.2. The molecule has 192 valence electrons. The molecule has 0 saturated carbocycles. The van der Waals surface area contributed by atoms with E-state index in [1.165, 1.54) is 0 Å². The number of phenols is 2. The Bertz CT molecular complexity index is 1300. The van der Waals surface area contributed by atoms with Crippen LogP contribution < -0.4 is 0 Å². The van der Waals surface area contributed by atoms with Crippen molar-refractivity contribution in [3.05, 3.63) is 130 Å². The van der Waals surface area contributed by atoms with Crippen molar-refractivity contribution in [1.82, 2.24) is 0 Å². The zero-order valence-corrected chi connectivity index (χ0v) is 20.5. The van der Waals surface area contributed by atoms with Crippen LogP contribution in [0.2, 0.25) is 0 Å². The minimum Gasteiger partial charge on any atom is -0.507 e. The van der Waals surface area contributed by atoms with Crippen LogP contribution in [0, 0.1) is 0 Å². The summed E-state index contributed by atoms with van der Waals surface area (Å²) in [6.07, 6.45) is -0.0807. The molecule has 0 radical (unpaired) electrons. The minimum absolute atomic E-state index is 0.00184. The Labute approximate surface area is 219 Å². The molecule has 0 saturated heterocycles. The summed E-state index contributed by atoms with van der Waals surface area (Å²) in [5.41, 5.74) is 4.71. The third-order valence-electron chi connectivity index (χ3n) is 5.71. The van der Waals surface area contributed by atoms with E-state index in [9.17, 15) is 15.0 Å². The van der Waals surface area contributed by atoms with Gasteiger partial charge in [-0.3, -0.25) is 9.68 Å². The fourth-order valence-electron chi connectivity index (χ4n) is 3.81. The summed E-state index contributed by atoms with van der Waals surface area (Å²) < 4.78 is 0. The van der Waals surface area contributed by atoms with Crippen LogP contribution in [0.5, 0.6) is 11.5 Å². The lowest BCUT2D eigenvalue weighted by atomic mass is 10.0. The highest BCUT2D eigenvalue weighted by molar-refractivity contribution is 5.59. The molecule has 4 rings (SSSR count). The monoisotopic (exact) mass is 510 g/mol. The zero-order valence-electron chi connectivity index (χ0n) is 20.5. The number of benzene rings is 4. The second-order valence-electron chi connectivity index (χ2n) is 8.37. The molecule has 0 aliphatic heterocycles. The first-order valence-electron chi connectivity index (χ1n) is 11.9. The maximum atomic E-state index is 11.7. The fourth-order valence-corrected chi connectivity index (χ4v) is 3.81. The van der Waals surface area contributed by atoms with Gasteiger partial charge in [-0.15, -0.1) is 10.2 Å². The van der Waals surface area contributed by atoms with Gasteiger partial charge in [0, 0.05) is 34.5 Å². The standard InChI is InChI=1S/C29H26N4O5/c34-27-23(17-21-9-3-1-4-10-21)13-7-15-25(27)19-30-32-37-29(36)38-33-31-20-26-16-8-14-24(28(26)35)18-22-11-5-2-6-12-22/h1-16,34-35H,17-20H2/b32-30+,33-31+. The Balaban J connectivity index is 1.23. The van der Waals surface area contributed by atoms with Gasteiger partial charge in [-0.25, -0.2) is 0 Å². The zero-order chi connectivity index (χ0) is 26.6. The van der Waals surface area contributed by atoms with Gasteiger partial charge >= 0.3 is 6.16 Å². The van der Waals surface area contributed by atoms with Crippen molar-refractivity contribution in [2.24, 2.45) is 20.8 Å². The van der Waals surface area contributed by atoms with Crippen molar-refractivity contribution in [3.63, 3.8) is 0 Å². The van der Waals surface area contributed by atoms with E-state index in [1.54, 1.807) is 12.1 Å². The molecule has 0 spiro atoms. The molecule has 2 N–H and O–H groups in total. The van der Waals surface area contributed by atoms with Crippen LogP contribution in [-0.4, -0.2) is 16.4 Å². The van der Waals surface area contributed by atoms with Crippen molar-refractivity contribution in [2.45, 2.75) is 25.9 Å². The number of phenolic OH excluding ortho intramolecular Hbond substituents is 2. The maximum Gasteiger partial charge on any atom is 0.565 e. The summed E-state index contributed by atoms with van der Waals surface area (Å²) in [6, 6.07) is 30.3. The lowest BCUT2D eigenvalue weighted by Crippen LogP contribution is -1.98. The van der Waals surface area contributed by atoms with Crippen molar-refractivity contribution >= 4 is 6.16 Å². The molecule has 0 aromatic heterocycles. The van der Waals surface area contributed by atoms with Crippen LogP contribution >= 0.6 is 0 Å². The van der Waals surface area contributed by atoms with Gasteiger partial charge in [0.25, 0.3) is 0 Å². The highest BCUT2D eigenvalue weighted by Gasteiger charge is 2.10. The first-order chi connectivity index (χ1) is 18.6. The Hall–Kier alpha value is -5.05. The predicted molar refractivity (Wildman–Crippen MR) is 139 cm³/mol. The third kappa shape index (κ3) is 7.47. The molecule has 0 aliphatic carbocycles. The van der Waals surface area contributed by atoms with Crippen molar-refractivity contribution in [3.8, 4) is 11.5 Å². The molecule has 0 bridgehead atoms. The number of hydrogen-bond donors (Lipinski definition) is 2. The summed E-state index contributed by atoms with van der Waals surface area (Å²) >= 11 is 0. The maximum absolute atomic E-state index is 11.7. The number of para-hydroxylation sites is 2. The summed E-state index contributed by atoms with van der Waals surface area (Å²) in [7, 11) is 0. The van der Waals surface area contributed by atoms with Crippen molar-refractivity contribution in [1.29, 1.82) is 0 Å². The van der Waals surface area contributed by atoms with Crippen LogP contribution in [0.25, 0.3) is 0 Å². The quantitative estimate of drug-likeness (QED) is 0.178. The smallest absolute Gasteiger partial charge is 0.507 e. The summed E-state index contributed by atoms with van der Waals surface area (Å²) in [5.74, 6) is 0.227. The van der Waals surface area contributed by atoms with Gasteiger partial charge in [0.05, 0.1) is 13.1 Å². The van der Waals surface area contributed by atoms with Gasteiger partial charge in [-0.1, -0.05) is 97.1 Å². The van der Waals surface area contributed by atoms with Gasteiger partial charge in [0.2, 0.25) is 0 Å². The Kier molecular flexibility index (Phi) is 9.12. The number of nitrogens with zero attached hydrogens (tertiary/aromatic N) is 4. The average Bonchev–Trinajstić information content (AvgIpc) is 2.94. The molecule has 4 aromatic carbocycles. The molecule has 0 aliphatic rings. The number of hydrogen-bond acceptors (Lipinski definition) is 9. The first-order valence-corrected chi connectivity index (χ1v) is 11.9. The number of aromatic hydroxyl groups is 2. The summed E-state index contributed by atoms with van der Waals surface area (Å²) in [5, 5.41) is 35.2. The number of rotatable bonds is 10. The molecule has 0 heterocycles. The molecule has 0 unspecified atom stereocenters. The molecular formula is C29H26N4O5. The molecular weight excluding hydrogens is 484 g/mol. The van der Waals surface area contributed by atoms with E-state index < -0.39 is 6.16 Å². The van der Waals surface area contributed by atoms with E-state index in [0.29, 0.717) is 24.0 Å². The lowest BCUT2D eigenvalue weighted by molar-refractivity contribution is 0.0455. The fraction of sp³-hybridized carbons (Fsp3) is 0.138. The SMILES string of the molecule is O=C(O/N=N/Cc1cccc(Cc2ccccc2)c1O)O/N=N/Cc1cccc(Cc2ccccc2)c1O. The van der Waals surface area contributed by atoms with Crippen molar-refractivity contribution < 1.29 is 24.7 Å². The second kappa shape index (κ2) is 13.3. The van der Waals surface area contributed by atoms with Crippen LogP contribution in [0.15, 0.2) is 118 Å². The van der Waals surface area contributed by atoms with Crippen LogP contribution in [-0.2, 0) is 35.6 Å². The Morgan fingerprint density at radius 1 is 0.553 bits per heavy atom. The summed E-state index contributed by atoms with van der Waals surface area (Å²) in [4.78, 5) is 20.7. The van der Waals surface area contributed by atoms with E-state index in [2.05, 4.69) is 30.5 Å². The molecule has 38 heavy (non-hydrogen) atoms. The Morgan fingerprint density at radius 3 is 1.37 bits per heavy atom. The molecule has 0 atom stereocenters. The number of carbonyl (C=O) groups is 1. The highest BCUT2D eigenvalue weighted by Crippen LogP contribution is 2.27. The van der Waals surface area contributed by atoms with E-state index in [-0.39, 0.29) is 24.6 Å². The molecule has 4 aromatic rings. The molecule has 0 fully saturated rings. The highest BCUT2D eigenvalue weighted by atomic mass is 16.9. The minimum atomic E-state index is -1.22. The molecule has 9 heteroatoms. The van der Waals surface area contributed by atoms with E-state index in [4.69, 9.17) is 0 Å². The van der Waals surface area contributed by atoms with E-state index in [0.717, 1.165) is 22.3 Å². The van der Waals surface area contributed by atoms with E-state index in [1.807, 2.05) is 84.9 Å². The van der Waals surface area contributed by atoms with Gasteiger partial charge < -0.3 is 10.2 Å². The molecule has 0 amide bonds. The second-order valence-corrected chi connectivity index (χ2v) is 8.37. The van der Waals surface area contributed by atoms with Gasteiger partial charge in [-0.2, -0.15) is 4.79 Å². The van der Waals surface area contributed by atoms with Crippen molar-refractivity contribution in [2.75, 3.05) is 0 Å². The topological polar surface area (TPSA) is 125 Å². The van der Waals surface area contributed by atoms with Crippen LogP contribution in [0.4, 0.5) is 4.79 Å². The van der Waals surface area contributed by atoms with E-state index >= 15 is 0 Å². The van der Waals surface area contributed by atoms with Crippen LogP contribution in [0.1, 0.15) is 33.4 Å². The predicted octanol–water partition coefficient (Wildman–Crippen LogP) is 6.87. The van der Waals surface area contributed by atoms with Crippen LogP contribution in [0.3, 0.4) is 0 Å². The largest absolute Gasteiger partial charge is 0.565 e. The van der Waals surface area contributed by atoms with Gasteiger partial charge in [0.1, 0.15) is 11.5 Å².